The molecule has 0 saturated carbocycles. The SMILES string of the molecule is CCC(C)OC.CO. The molecule has 1 unspecified atom stereocenters. The number of methoxy groups -OCH3 is 1. The Hall–Kier alpha value is -0.0800. The molecule has 0 spiro atoms. The van der Waals surface area contributed by atoms with Crippen LogP contribution < -0.4 is 0 Å². The van der Waals surface area contributed by atoms with Crippen molar-refractivity contribution in [2.24, 2.45) is 0 Å². The molecule has 0 aliphatic carbocycles. The van der Waals surface area contributed by atoms with Crippen LogP contribution >= 0.6 is 0 Å². The van der Waals surface area contributed by atoms with Crippen LogP contribution in [-0.2, 0) is 4.74 Å². The zero-order valence-electron chi connectivity index (χ0n) is 6.14. The maximum absolute atomic E-state index is 7.00. The summed E-state index contributed by atoms with van der Waals surface area (Å²) in [6.45, 7) is 4.16. The summed E-state index contributed by atoms with van der Waals surface area (Å²) in [7, 11) is 2.73. The molecule has 0 aromatic heterocycles. The van der Waals surface area contributed by atoms with Crippen molar-refractivity contribution >= 4 is 0 Å². The van der Waals surface area contributed by atoms with E-state index in [9.17, 15) is 0 Å². The molecule has 0 heterocycles. The number of ether oxygens (including phenoxy) is 1. The molecular formula is C6H16O2. The van der Waals surface area contributed by atoms with Crippen LogP contribution in [0.2, 0.25) is 0 Å². The van der Waals surface area contributed by atoms with Crippen LogP contribution in [0, 0.1) is 0 Å². The van der Waals surface area contributed by atoms with Crippen molar-refractivity contribution in [2.75, 3.05) is 14.2 Å². The first-order valence-corrected chi connectivity index (χ1v) is 2.78. The molecule has 0 aromatic rings. The van der Waals surface area contributed by atoms with Gasteiger partial charge in [-0.25, -0.2) is 0 Å². The Labute approximate surface area is 51.5 Å². The van der Waals surface area contributed by atoms with Crippen molar-refractivity contribution in [1.29, 1.82) is 0 Å². The monoisotopic (exact) mass is 120 g/mol. The zero-order chi connectivity index (χ0) is 6.99. The van der Waals surface area contributed by atoms with Gasteiger partial charge in [0.25, 0.3) is 0 Å². The average Bonchev–Trinajstić information content (AvgIpc) is 1.91. The maximum atomic E-state index is 7.00. The lowest BCUT2D eigenvalue weighted by atomic mass is 10.3. The maximum Gasteiger partial charge on any atom is 0.0540 e. The van der Waals surface area contributed by atoms with Crippen LogP contribution in [0.15, 0.2) is 0 Å². The Morgan fingerprint density at radius 3 is 1.88 bits per heavy atom. The molecule has 0 bridgehead atoms. The van der Waals surface area contributed by atoms with Gasteiger partial charge in [0.1, 0.15) is 0 Å². The van der Waals surface area contributed by atoms with Crippen LogP contribution in [-0.4, -0.2) is 25.4 Å². The number of hydrogen-bond acceptors (Lipinski definition) is 2. The number of rotatable bonds is 2. The summed E-state index contributed by atoms with van der Waals surface area (Å²) < 4.78 is 4.90. The van der Waals surface area contributed by atoms with E-state index in [1.54, 1.807) is 7.11 Å². The third-order valence-corrected chi connectivity index (χ3v) is 0.977. The van der Waals surface area contributed by atoms with E-state index in [2.05, 4.69) is 13.8 Å². The Kier molecular flexibility index (Phi) is 13.6. The molecular weight excluding hydrogens is 104 g/mol. The van der Waals surface area contributed by atoms with Gasteiger partial charge in [-0.05, 0) is 13.3 Å². The Balaban J connectivity index is 0. The molecule has 0 aromatic carbocycles. The number of hydrogen-bond donors (Lipinski definition) is 1. The first kappa shape index (κ1) is 10.8. The highest BCUT2D eigenvalue weighted by Gasteiger charge is 1.88. The summed E-state index contributed by atoms with van der Waals surface area (Å²) in [4.78, 5) is 0. The third-order valence-electron chi connectivity index (χ3n) is 0.977. The van der Waals surface area contributed by atoms with E-state index in [4.69, 9.17) is 9.84 Å². The molecule has 0 radical (unpaired) electrons. The quantitative estimate of drug-likeness (QED) is 0.590. The van der Waals surface area contributed by atoms with Crippen molar-refractivity contribution in [2.45, 2.75) is 26.4 Å². The van der Waals surface area contributed by atoms with Gasteiger partial charge in [0, 0.05) is 14.2 Å². The Morgan fingerprint density at radius 2 is 1.88 bits per heavy atom. The van der Waals surface area contributed by atoms with E-state index in [-0.39, 0.29) is 0 Å². The fraction of sp³-hybridized carbons (Fsp3) is 1.00. The van der Waals surface area contributed by atoms with Crippen LogP contribution in [0.3, 0.4) is 0 Å². The first-order valence-electron chi connectivity index (χ1n) is 2.78. The Morgan fingerprint density at radius 1 is 1.50 bits per heavy atom. The van der Waals surface area contributed by atoms with E-state index < -0.39 is 0 Å². The average molecular weight is 120 g/mol. The second-order valence-corrected chi connectivity index (χ2v) is 1.45. The van der Waals surface area contributed by atoms with Crippen LogP contribution in [0.4, 0.5) is 0 Å². The van der Waals surface area contributed by atoms with E-state index in [1.807, 2.05) is 0 Å². The highest BCUT2D eigenvalue weighted by molar-refractivity contribution is 4.38. The summed E-state index contributed by atoms with van der Waals surface area (Å²) in [5, 5.41) is 7.00. The van der Waals surface area contributed by atoms with Crippen molar-refractivity contribution in [1.82, 2.24) is 0 Å². The molecule has 2 nitrogen and oxygen atoms in total. The van der Waals surface area contributed by atoms with Gasteiger partial charge in [0.2, 0.25) is 0 Å². The van der Waals surface area contributed by atoms with Crippen LogP contribution in [0.25, 0.3) is 0 Å². The van der Waals surface area contributed by atoms with Gasteiger partial charge >= 0.3 is 0 Å². The van der Waals surface area contributed by atoms with Gasteiger partial charge < -0.3 is 9.84 Å². The minimum Gasteiger partial charge on any atom is -0.400 e. The standard InChI is InChI=1S/C5H12O.CH4O/c1-4-5(2)6-3;1-2/h5H,4H2,1-3H3;2H,1H3. The van der Waals surface area contributed by atoms with E-state index in [0.717, 1.165) is 13.5 Å². The molecule has 0 aliphatic heterocycles. The van der Waals surface area contributed by atoms with E-state index in [0.29, 0.717) is 6.10 Å². The minimum absolute atomic E-state index is 0.435. The lowest BCUT2D eigenvalue weighted by Crippen LogP contribution is -2.00. The summed E-state index contributed by atoms with van der Waals surface area (Å²) in [5.41, 5.74) is 0. The van der Waals surface area contributed by atoms with Crippen molar-refractivity contribution in [3.05, 3.63) is 0 Å². The van der Waals surface area contributed by atoms with Gasteiger partial charge in [-0.2, -0.15) is 0 Å². The molecule has 0 saturated heterocycles. The first-order chi connectivity index (χ1) is 3.81. The summed E-state index contributed by atoms with van der Waals surface area (Å²) >= 11 is 0. The lowest BCUT2D eigenvalue weighted by Gasteiger charge is -2.01. The van der Waals surface area contributed by atoms with Gasteiger partial charge in [0.05, 0.1) is 6.10 Å². The third kappa shape index (κ3) is 9.33. The number of aliphatic hydroxyl groups excluding tert-OH is 1. The van der Waals surface area contributed by atoms with Crippen molar-refractivity contribution in [3.63, 3.8) is 0 Å². The second-order valence-electron chi connectivity index (χ2n) is 1.45. The fourth-order valence-corrected chi connectivity index (χ4v) is 0.167. The highest BCUT2D eigenvalue weighted by atomic mass is 16.5. The highest BCUT2D eigenvalue weighted by Crippen LogP contribution is 1.89. The molecule has 8 heavy (non-hydrogen) atoms. The molecule has 0 aliphatic rings. The molecule has 0 amide bonds. The summed E-state index contributed by atoms with van der Waals surface area (Å²) in [6, 6.07) is 0. The molecule has 1 N–H and O–H groups in total. The Bertz CT molecular complexity index is 25.7. The van der Waals surface area contributed by atoms with Crippen LogP contribution in [0.5, 0.6) is 0 Å². The van der Waals surface area contributed by atoms with E-state index >= 15 is 0 Å². The molecule has 2 heteroatoms. The molecule has 1 atom stereocenters. The largest absolute Gasteiger partial charge is 0.400 e. The van der Waals surface area contributed by atoms with E-state index in [1.165, 1.54) is 0 Å². The van der Waals surface area contributed by atoms with Gasteiger partial charge in [-0.3, -0.25) is 0 Å². The van der Waals surface area contributed by atoms with Gasteiger partial charge in [0.15, 0.2) is 0 Å². The lowest BCUT2D eigenvalue weighted by molar-refractivity contribution is 0.115. The van der Waals surface area contributed by atoms with Crippen LogP contribution in [0.1, 0.15) is 20.3 Å². The summed E-state index contributed by atoms with van der Waals surface area (Å²) in [6.07, 6.45) is 1.54. The minimum atomic E-state index is 0.435. The van der Waals surface area contributed by atoms with Gasteiger partial charge in [-0.1, -0.05) is 6.92 Å². The van der Waals surface area contributed by atoms with Gasteiger partial charge in [-0.15, -0.1) is 0 Å². The molecule has 52 valence electrons. The van der Waals surface area contributed by atoms with Crippen molar-refractivity contribution in [3.8, 4) is 0 Å². The zero-order valence-corrected chi connectivity index (χ0v) is 6.14. The predicted molar refractivity (Wildman–Crippen MR) is 34.9 cm³/mol. The molecule has 0 rings (SSSR count). The molecule has 0 fully saturated rings. The second kappa shape index (κ2) is 10.0. The summed E-state index contributed by atoms with van der Waals surface area (Å²) in [5.74, 6) is 0. The van der Waals surface area contributed by atoms with Crippen molar-refractivity contribution < 1.29 is 9.84 Å². The predicted octanol–water partition coefficient (Wildman–Crippen LogP) is 1.04. The fourth-order valence-electron chi connectivity index (χ4n) is 0.167. The normalized spacial score (nSPS) is 11.6. The number of aliphatic hydroxyl groups is 1. The topological polar surface area (TPSA) is 29.5 Å². The smallest absolute Gasteiger partial charge is 0.0540 e.